The van der Waals surface area contributed by atoms with E-state index in [2.05, 4.69) is 19.2 Å². The van der Waals surface area contributed by atoms with Crippen LogP contribution in [0.4, 0.5) is 5.69 Å². The lowest BCUT2D eigenvalue weighted by atomic mass is 10.0. The van der Waals surface area contributed by atoms with Gasteiger partial charge in [-0.2, -0.15) is 0 Å². The number of ketones is 1. The average molecular weight is 267 g/mol. The maximum atomic E-state index is 12.3. The molecule has 0 atom stereocenters. The van der Waals surface area contributed by atoms with Crippen molar-refractivity contribution in [2.75, 3.05) is 5.32 Å². The number of hydrogen-bond acceptors (Lipinski definition) is 2. The van der Waals surface area contributed by atoms with Crippen molar-refractivity contribution >= 4 is 11.5 Å². The highest BCUT2D eigenvalue weighted by atomic mass is 16.1. The van der Waals surface area contributed by atoms with Gasteiger partial charge in [-0.25, -0.2) is 0 Å². The van der Waals surface area contributed by atoms with Crippen LogP contribution < -0.4 is 5.32 Å². The lowest BCUT2D eigenvalue weighted by Gasteiger charge is -2.11. The predicted octanol–water partition coefficient (Wildman–Crippen LogP) is 4.24. The summed E-state index contributed by atoms with van der Waals surface area (Å²) in [6.45, 7) is 6.21. The summed E-state index contributed by atoms with van der Waals surface area (Å²) in [7, 11) is 0. The van der Waals surface area contributed by atoms with E-state index < -0.39 is 0 Å². The molecule has 0 radical (unpaired) electrons. The number of hydrogen-bond donors (Lipinski definition) is 1. The summed E-state index contributed by atoms with van der Waals surface area (Å²) in [5.41, 5.74) is 4.01. The summed E-state index contributed by atoms with van der Waals surface area (Å²) in [5, 5.41) is 3.36. The Morgan fingerprint density at radius 3 is 2.55 bits per heavy atom. The fourth-order valence-electron chi connectivity index (χ4n) is 2.21. The summed E-state index contributed by atoms with van der Waals surface area (Å²) in [6, 6.07) is 16.2. The van der Waals surface area contributed by atoms with Crippen molar-refractivity contribution in [1.29, 1.82) is 0 Å². The minimum absolute atomic E-state index is 0.162. The van der Waals surface area contributed by atoms with Gasteiger partial charge in [0.05, 0.1) is 0 Å². The SMILES string of the molecule is Cc1cccc(C(=O)Cc2cccc(NC(C)C)c2)c1. The molecule has 0 spiro atoms. The minimum Gasteiger partial charge on any atom is -0.383 e. The van der Waals surface area contributed by atoms with Crippen molar-refractivity contribution in [1.82, 2.24) is 0 Å². The van der Waals surface area contributed by atoms with Crippen LogP contribution in [-0.2, 0) is 6.42 Å². The predicted molar refractivity (Wildman–Crippen MR) is 84.4 cm³/mol. The molecule has 0 amide bonds. The molecule has 0 saturated heterocycles. The van der Waals surface area contributed by atoms with Crippen molar-refractivity contribution in [2.24, 2.45) is 0 Å². The minimum atomic E-state index is 0.162. The Kier molecular flexibility index (Phi) is 4.57. The van der Waals surface area contributed by atoms with Crippen LogP contribution in [0.2, 0.25) is 0 Å². The van der Waals surface area contributed by atoms with E-state index in [4.69, 9.17) is 0 Å². The monoisotopic (exact) mass is 267 g/mol. The van der Waals surface area contributed by atoms with E-state index in [1.165, 1.54) is 0 Å². The molecule has 2 aromatic carbocycles. The molecule has 0 aliphatic rings. The van der Waals surface area contributed by atoms with Crippen LogP contribution in [-0.4, -0.2) is 11.8 Å². The topological polar surface area (TPSA) is 29.1 Å². The van der Waals surface area contributed by atoms with E-state index >= 15 is 0 Å². The Morgan fingerprint density at radius 2 is 1.85 bits per heavy atom. The van der Waals surface area contributed by atoms with Gasteiger partial charge in [-0.05, 0) is 44.5 Å². The number of nitrogens with one attached hydrogen (secondary N) is 1. The van der Waals surface area contributed by atoms with Gasteiger partial charge in [-0.1, -0.05) is 35.9 Å². The molecule has 0 bridgehead atoms. The Balaban J connectivity index is 2.11. The lowest BCUT2D eigenvalue weighted by molar-refractivity contribution is 0.0993. The fourth-order valence-corrected chi connectivity index (χ4v) is 2.21. The first-order valence-electron chi connectivity index (χ1n) is 7.00. The van der Waals surface area contributed by atoms with Crippen LogP contribution in [0.25, 0.3) is 0 Å². The van der Waals surface area contributed by atoms with Gasteiger partial charge in [-0.3, -0.25) is 4.79 Å². The molecule has 2 rings (SSSR count). The highest BCUT2D eigenvalue weighted by Crippen LogP contribution is 2.15. The quantitative estimate of drug-likeness (QED) is 0.821. The van der Waals surface area contributed by atoms with E-state index in [0.717, 1.165) is 22.4 Å². The second-order valence-electron chi connectivity index (χ2n) is 5.47. The summed E-state index contributed by atoms with van der Waals surface area (Å²) in [4.78, 5) is 12.3. The third-order valence-corrected chi connectivity index (χ3v) is 3.09. The highest BCUT2D eigenvalue weighted by molar-refractivity contribution is 5.97. The first kappa shape index (κ1) is 14.3. The largest absolute Gasteiger partial charge is 0.383 e. The molecule has 0 aliphatic carbocycles. The summed E-state index contributed by atoms with van der Waals surface area (Å²) in [6.07, 6.45) is 0.442. The van der Waals surface area contributed by atoms with Crippen LogP contribution in [0, 0.1) is 6.92 Å². The molecule has 0 fully saturated rings. The third kappa shape index (κ3) is 3.95. The first-order chi connectivity index (χ1) is 9.54. The molecule has 0 aliphatic heterocycles. The second kappa shape index (κ2) is 6.38. The van der Waals surface area contributed by atoms with Crippen LogP contribution in [0.1, 0.15) is 35.3 Å². The maximum absolute atomic E-state index is 12.3. The number of carbonyl (C=O) groups is 1. The number of Topliss-reactive ketones (excluding diaryl/α,β-unsaturated/α-hetero) is 1. The van der Waals surface area contributed by atoms with Crippen molar-refractivity contribution in [2.45, 2.75) is 33.2 Å². The van der Waals surface area contributed by atoms with E-state index in [9.17, 15) is 4.79 Å². The Labute approximate surface area is 120 Å². The number of aryl methyl sites for hydroxylation is 1. The number of carbonyl (C=O) groups excluding carboxylic acids is 1. The smallest absolute Gasteiger partial charge is 0.167 e. The molecule has 2 nitrogen and oxygen atoms in total. The molecule has 1 N–H and O–H groups in total. The highest BCUT2D eigenvalue weighted by Gasteiger charge is 2.07. The number of anilines is 1. The van der Waals surface area contributed by atoms with Gasteiger partial charge in [0, 0.05) is 23.7 Å². The molecular weight excluding hydrogens is 246 g/mol. The van der Waals surface area contributed by atoms with Gasteiger partial charge < -0.3 is 5.32 Å². The van der Waals surface area contributed by atoms with Crippen molar-refractivity contribution in [3.05, 3.63) is 65.2 Å². The normalized spacial score (nSPS) is 10.6. The van der Waals surface area contributed by atoms with Crippen LogP contribution in [0.5, 0.6) is 0 Å². The standard InChI is InChI=1S/C18H21NO/c1-13(2)19-17-9-5-7-15(11-17)12-18(20)16-8-4-6-14(3)10-16/h4-11,13,19H,12H2,1-3H3. The number of benzene rings is 2. The molecule has 20 heavy (non-hydrogen) atoms. The van der Waals surface area contributed by atoms with Crippen LogP contribution >= 0.6 is 0 Å². The van der Waals surface area contributed by atoms with Gasteiger partial charge in [-0.15, -0.1) is 0 Å². The molecule has 0 aromatic heterocycles. The zero-order chi connectivity index (χ0) is 14.5. The van der Waals surface area contributed by atoms with Crippen molar-refractivity contribution in [3.8, 4) is 0 Å². The Morgan fingerprint density at radius 1 is 1.10 bits per heavy atom. The molecule has 0 unspecified atom stereocenters. The zero-order valence-corrected chi connectivity index (χ0v) is 12.3. The maximum Gasteiger partial charge on any atom is 0.167 e. The van der Waals surface area contributed by atoms with E-state index in [1.807, 2.05) is 55.5 Å². The third-order valence-electron chi connectivity index (χ3n) is 3.09. The van der Waals surface area contributed by atoms with E-state index in [-0.39, 0.29) is 5.78 Å². The van der Waals surface area contributed by atoms with Gasteiger partial charge in [0.25, 0.3) is 0 Å². The molecule has 0 saturated carbocycles. The lowest BCUT2D eigenvalue weighted by Crippen LogP contribution is -2.10. The molecular formula is C18H21NO. The first-order valence-corrected chi connectivity index (χ1v) is 7.00. The van der Waals surface area contributed by atoms with Crippen LogP contribution in [0.3, 0.4) is 0 Å². The fraction of sp³-hybridized carbons (Fsp3) is 0.278. The number of rotatable bonds is 5. The molecule has 2 aromatic rings. The zero-order valence-electron chi connectivity index (χ0n) is 12.3. The summed E-state index contributed by atoms with van der Waals surface area (Å²) < 4.78 is 0. The Bertz CT molecular complexity index is 602. The van der Waals surface area contributed by atoms with Gasteiger partial charge in [0.15, 0.2) is 5.78 Å². The second-order valence-corrected chi connectivity index (χ2v) is 5.47. The van der Waals surface area contributed by atoms with E-state index in [0.29, 0.717) is 12.5 Å². The molecule has 104 valence electrons. The average Bonchev–Trinajstić information content (AvgIpc) is 2.38. The molecule has 2 heteroatoms. The van der Waals surface area contributed by atoms with Gasteiger partial charge in [0.1, 0.15) is 0 Å². The summed E-state index contributed by atoms with van der Waals surface area (Å²) in [5.74, 6) is 0.162. The van der Waals surface area contributed by atoms with E-state index in [1.54, 1.807) is 0 Å². The summed E-state index contributed by atoms with van der Waals surface area (Å²) >= 11 is 0. The van der Waals surface area contributed by atoms with Crippen LogP contribution in [0.15, 0.2) is 48.5 Å². The Hall–Kier alpha value is -2.09. The van der Waals surface area contributed by atoms with Gasteiger partial charge >= 0.3 is 0 Å². The van der Waals surface area contributed by atoms with Crippen molar-refractivity contribution in [3.63, 3.8) is 0 Å². The van der Waals surface area contributed by atoms with Crippen molar-refractivity contribution < 1.29 is 4.79 Å². The van der Waals surface area contributed by atoms with Gasteiger partial charge in [0.2, 0.25) is 0 Å². The molecule has 0 heterocycles.